The molecule has 0 spiro atoms. The second kappa shape index (κ2) is 5.33. The van der Waals surface area contributed by atoms with Crippen molar-refractivity contribution in [2.45, 2.75) is 11.5 Å². The summed E-state index contributed by atoms with van der Waals surface area (Å²) in [6, 6.07) is 7.03. The summed E-state index contributed by atoms with van der Waals surface area (Å²) < 4.78 is 27.9. The largest absolute Gasteiger partial charge is 0.487 e. The lowest BCUT2D eigenvalue weighted by molar-refractivity contribution is 0.299. The van der Waals surface area contributed by atoms with Crippen molar-refractivity contribution in [1.29, 1.82) is 0 Å². The summed E-state index contributed by atoms with van der Waals surface area (Å²) >= 11 is 0. The van der Waals surface area contributed by atoms with Crippen LogP contribution in [0.4, 0.5) is 0 Å². The number of hydrogen-bond acceptors (Lipinski definition) is 5. The fourth-order valence-corrected chi connectivity index (χ4v) is 2.11. The number of hydrogen-bond donors (Lipinski definition) is 2. The molecule has 0 amide bonds. The van der Waals surface area contributed by atoms with E-state index in [1.807, 2.05) is 0 Å². The number of aromatic nitrogens is 2. The van der Waals surface area contributed by atoms with Gasteiger partial charge >= 0.3 is 5.56 Å². The maximum Gasteiger partial charge on any atom is 0.310 e. The molecule has 0 aliphatic heterocycles. The summed E-state index contributed by atoms with van der Waals surface area (Å²) in [5.41, 5.74) is -0.984. The first kappa shape index (κ1) is 14.1. The van der Waals surface area contributed by atoms with Crippen LogP contribution in [-0.4, -0.2) is 24.9 Å². The molecule has 0 aliphatic rings. The highest BCUT2D eigenvalue weighted by molar-refractivity contribution is 7.90. The van der Waals surface area contributed by atoms with Crippen LogP contribution in [0.3, 0.4) is 0 Å². The van der Waals surface area contributed by atoms with E-state index in [1.165, 1.54) is 24.3 Å². The zero-order valence-electron chi connectivity index (χ0n) is 10.5. The van der Waals surface area contributed by atoms with Crippen LogP contribution in [0.5, 0.6) is 5.75 Å². The van der Waals surface area contributed by atoms with Gasteiger partial charge in [0, 0.05) is 12.3 Å². The lowest BCUT2D eigenvalue weighted by Crippen LogP contribution is -2.28. The summed E-state index contributed by atoms with van der Waals surface area (Å²) in [4.78, 5) is 22.2. The molecule has 0 radical (unpaired) electrons. The van der Waals surface area contributed by atoms with E-state index < -0.39 is 20.8 Å². The van der Waals surface area contributed by atoms with Crippen LogP contribution >= 0.6 is 0 Å². The molecule has 2 rings (SSSR count). The quantitative estimate of drug-likeness (QED) is 0.775. The summed E-state index contributed by atoms with van der Waals surface area (Å²) in [6.07, 6.45) is 1.12. The number of benzene rings is 1. The summed E-state index contributed by atoms with van der Waals surface area (Å²) in [5, 5.41) is 4.71. The Morgan fingerprint density at radius 2 is 1.75 bits per heavy atom. The molecule has 0 fully saturated rings. The normalized spacial score (nSPS) is 11.2. The number of sulfone groups is 1. The van der Waals surface area contributed by atoms with Gasteiger partial charge in [-0.15, -0.1) is 0 Å². The molecule has 20 heavy (non-hydrogen) atoms. The zero-order valence-corrected chi connectivity index (χ0v) is 11.4. The van der Waals surface area contributed by atoms with Gasteiger partial charge in [0.1, 0.15) is 12.4 Å². The molecule has 2 aromatic rings. The van der Waals surface area contributed by atoms with Crippen LogP contribution in [0.25, 0.3) is 0 Å². The van der Waals surface area contributed by atoms with Crippen molar-refractivity contribution in [2.24, 2.45) is 0 Å². The van der Waals surface area contributed by atoms with Crippen LogP contribution < -0.4 is 15.7 Å². The standard InChI is InChI=1S/C12H12N2O5S/c1-20(17,18)10-4-2-9(3-5-10)19-7-8-6-11(15)12(16)14-13-8/h2-6H,7H2,1H3,(H,13,15)(H,14,16). The summed E-state index contributed by atoms with van der Waals surface area (Å²) in [6.45, 7) is 0.0459. The molecule has 106 valence electrons. The molecule has 2 N–H and O–H groups in total. The van der Waals surface area contributed by atoms with Crippen LogP contribution in [0.2, 0.25) is 0 Å². The van der Waals surface area contributed by atoms with E-state index in [4.69, 9.17) is 4.74 Å². The van der Waals surface area contributed by atoms with Gasteiger partial charge in [-0.1, -0.05) is 0 Å². The van der Waals surface area contributed by atoms with Gasteiger partial charge in [-0.3, -0.25) is 19.8 Å². The lowest BCUT2D eigenvalue weighted by Gasteiger charge is -2.06. The van der Waals surface area contributed by atoms with Crippen molar-refractivity contribution in [2.75, 3.05) is 6.26 Å². The molecule has 7 nitrogen and oxygen atoms in total. The first-order valence-electron chi connectivity index (χ1n) is 5.60. The molecule has 1 heterocycles. The Balaban J connectivity index is 2.09. The Hall–Kier alpha value is -2.35. The van der Waals surface area contributed by atoms with Crippen LogP contribution in [0.15, 0.2) is 44.8 Å². The fourth-order valence-electron chi connectivity index (χ4n) is 1.48. The van der Waals surface area contributed by atoms with Crippen molar-refractivity contribution in [1.82, 2.24) is 10.2 Å². The highest BCUT2D eigenvalue weighted by atomic mass is 32.2. The van der Waals surface area contributed by atoms with E-state index in [1.54, 1.807) is 0 Å². The van der Waals surface area contributed by atoms with Gasteiger partial charge in [0.05, 0.1) is 10.6 Å². The topological polar surface area (TPSA) is 109 Å². The average molecular weight is 296 g/mol. The number of H-pyrrole nitrogens is 2. The van der Waals surface area contributed by atoms with Crippen LogP contribution in [-0.2, 0) is 16.4 Å². The van der Waals surface area contributed by atoms with Crippen molar-refractivity contribution in [3.63, 3.8) is 0 Å². The SMILES string of the molecule is CS(=O)(=O)c1ccc(OCc2cc(=O)c(=O)[nH][nH]2)cc1. The molecule has 1 aromatic carbocycles. The third kappa shape index (κ3) is 3.35. The van der Waals surface area contributed by atoms with E-state index in [0.717, 1.165) is 12.3 Å². The Morgan fingerprint density at radius 3 is 2.30 bits per heavy atom. The Kier molecular flexibility index (Phi) is 3.75. The van der Waals surface area contributed by atoms with Crippen molar-refractivity contribution < 1.29 is 13.2 Å². The second-order valence-electron chi connectivity index (χ2n) is 4.15. The average Bonchev–Trinajstić information content (AvgIpc) is 2.40. The zero-order chi connectivity index (χ0) is 14.8. The fraction of sp³-hybridized carbons (Fsp3) is 0.167. The smallest absolute Gasteiger partial charge is 0.310 e. The molecule has 8 heteroatoms. The molecule has 0 atom stereocenters. The maximum atomic E-state index is 11.3. The molecule has 0 saturated carbocycles. The van der Waals surface area contributed by atoms with Crippen LogP contribution in [0, 0.1) is 0 Å². The van der Waals surface area contributed by atoms with Gasteiger partial charge in [0.2, 0.25) is 5.43 Å². The minimum Gasteiger partial charge on any atom is -0.487 e. The molecule has 0 unspecified atom stereocenters. The summed E-state index contributed by atoms with van der Waals surface area (Å²) in [7, 11) is -3.24. The van der Waals surface area contributed by atoms with Gasteiger partial charge in [0.25, 0.3) is 0 Å². The van der Waals surface area contributed by atoms with E-state index in [2.05, 4.69) is 10.2 Å². The predicted molar refractivity (Wildman–Crippen MR) is 71.6 cm³/mol. The second-order valence-corrected chi connectivity index (χ2v) is 6.16. The Labute approximate surface area is 114 Å². The maximum absolute atomic E-state index is 11.3. The van der Waals surface area contributed by atoms with E-state index in [-0.39, 0.29) is 11.5 Å². The summed E-state index contributed by atoms with van der Waals surface area (Å²) in [5.74, 6) is 0.449. The monoisotopic (exact) mass is 296 g/mol. The highest BCUT2D eigenvalue weighted by Crippen LogP contribution is 2.16. The van der Waals surface area contributed by atoms with Crippen molar-refractivity contribution in [3.05, 3.63) is 56.6 Å². The number of aromatic amines is 2. The number of ether oxygens (including phenoxy) is 1. The number of nitrogens with one attached hydrogen (secondary N) is 2. The van der Waals surface area contributed by atoms with Crippen LogP contribution in [0.1, 0.15) is 5.69 Å². The molecular formula is C12H12N2O5S. The van der Waals surface area contributed by atoms with E-state index >= 15 is 0 Å². The van der Waals surface area contributed by atoms with E-state index in [9.17, 15) is 18.0 Å². The first-order chi connectivity index (χ1) is 9.36. The molecule has 1 aromatic heterocycles. The van der Waals surface area contributed by atoms with E-state index in [0.29, 0.717) is 11.4 Å². The minimum absolute atomic E-state index is 0.0459. The first-order valence-corrected chi connectivity index (χ1v) is 7.49. The van der Waals surface area contributed by atoms with Gasteiger partial charge in [-0.05, 0) is 24.3 Å². The Morgan fingerprint density at radius 1 is 1.10 bits per heavy atom. The van der Waals surface area contributed by atoms with Gasteiger partial charge in [-0.25, -0.2) is 8.42 Å². The van der Waals surface area contributed by atoms with Gasteiger partial charge < -0.3 is 4.74 Å². The molecule has 0 aliphatic carbocycles. The molecule has 0 bridgehead atoms. The lowest BCUT2D eigenvalue weighted by atomic mass is 10.3. The van der Waals surface area contributed by atoms with Gasteiger partial charge in [-0.2, -0.15) is 0 Å². The van der Waals surface area contributed by atoms with Crippen molar-refractivity contribution >= 4 is 9.84 Å². The highest BCUT2D eigenvalue weighted by Gasteiger charge is 2.06. The third-order valence-corrected chi connectivity index (χ3v) is 3.64. The molecule has 0 saturated heterocycles. The van der Waals surface area contributed by atoms with Crippen molar-refractivity contribution in [3.8, 4) is 5.75 Å². The number of rotatable bonds is 4. The van der Waals surface area contributed by atoms with Gasteiger partial charge in [0.15, 0.2) is 9.84 Å². The minimum atomic E-state index is -3.24. The molecular weight excluding hydrogens is 284 g/mol. The Bertz CT molecular complexity index is 818. The third-order valence-electron chi connectivity index (χ3n) is 2.51. The predicted octanol–water partition coefficient (Wildman–Crippen LogP) is 0.0457.